The number of aromatic nitrogens is 3. The van der Waals surface area contributed by atoms with Crippen LogP contribution in [0.1, 0.15) is 5.56 Å². The Balaban J connectivity index is 1.65. The van der Waals surface area contributed by atoms with Gasteiger partial charge in [-0.15, -0.1) is 0 Å². The van der Waals surface area contributed by atoms with Crippen molar-refractivity contribution in [3.8, 4) is 17.2 Å². The van der Waals surface area contributed by atoms with E-state index >= 15 is 0 Å². The van der Waals surface area contributed by atoms with Gasteiger partial charge in [-0.25, -0.2) is 15.0 Å². The number of ether oxygens (including phenoxy) is 4. The van der Waals surface area contributed by atoms with Crippen molar-refractivity contribution in [2.24, 2.45) is 0 Å². The maximum atomic E-state index is 12.9. The minimum Gasteiger partial charge on any atom is -0.497 e. The van der Waals surface area contributed by atoms with E-state index in [2.05, 4.69) is 20.3 Å². The van der Waals surface area contributed by atoms with E-state index in [9.17, 15) is 9.59 Å². The third-order valence-electron chi connectivity index (χ3n) is 6.10. The molecule has 10 nitrogen and oxygen atoms in total. The molecule has 0 aliphatic heterocycles. The summed E-state index contributed by atoms with van der Waals surface area (Å²) in [6, 6.07) is 12.7. The quantitative estimate of drug-likeness (QED) is 0.192. The fourth-order valence-electron chi connectivity index (χ4n) is 4.15. The van der Waals surface area contributed by atoms with E-state index in [1.54, 1.807) is 44.7 Å². The van der Waals surface area contributed by atoms with Crippen molar-refractivity contribution in [1.29, 1.82) is 0 Å². The highest BCUT2D eigenvalue weighted by molar-refractivity contribution is 7.99. The smallest absolute Gasteiger partial charge is 0.186 e. The van der Waals surface area contributed by atoms with Gasteiger partial charge >= 0.3 is 0 Å². The van der Waals surface area contributed by atoms with Gasteiger partial charge in [-0.2, -0.15) is 0 Å². The summed E-state index contributed by atoms with van der Waals surface area (Å²) in [6.07, 6.45) is 6.99. The molecule has 1 aliphatic rings. The van der Waals surface area contributed by atoms with Gasteiger partial charge in [0.2, 0.25) is 0 Å². The van der Waals surface area contributed by atoms with Crippen molar-refractivity contribution < 1.29 is 28.5 Å². The number of allylic oxidation sites excluding steroid dienone is 4. The minimum atomic E-state index is -0.287. The van der Waals surface area contributed by atoms with Crippen LogP contribution in [-0.4, -0.2) is 61.1 Å². The van der Waals surface area contributed by atoms with E-state index < -0.39 is 0 Å². The predicted octanol–water partition coefficient (Wildman–Crippen LogP) is 5.05. The average molecular weight is 571 g/mol. The summed E-state index contributed by atoms with van der Waals surface area (Å²) >= 11 is 1.35. The Morgan fingerprint density at radius 1 is 0.902 bits per heavy atom. The summed E-state index contributed by atoms with van der Waals surface area (Å²) in [5.41, 5.74) is 1.99. The van der Waals surface area contributed by atoms with Crippen molar-refractivity contribution in [1.82, 2.24) is 15.0 Å². The Kier molecular flexibility index (Phi) is 8.56. The third kappa shape index (κ3) is 6.21. The lowest BCUT2D eigenvalue weighted by Gasteiger charge is -2.19. The lowest BCUT2D eigenvalue weighted by atomic mass is 9.95. The Morgan fingerprint density at radius 2 is 1.78 bits per heavy atom. The van der Waals surface area contributed by atoms with Gasteiger partial charge in [-0.05, 0) is 42.5 Å². The van der Waals surface area contributed by atoms with Crippen LogP contribution in [0.4, 0.5) is 11.5 Å². The van der Waals surface area contributed by atoms with E-state index in [0.717, 1.165) is 0 Å². The largest absolute Gasteiger partial charge is 0.497 e. The maximum absolute atomic E-state index is 12.9. The van der Waals surface area contributed by atoms with Crippen LogP contribution >= 0.6 is 11.8 Å². The number of pyridine rings is 1. The van der Waals surface area contributed by atoms with Crippen LogP contribution in [0.15, 0.2) is 83.1 Å². The first-order valence-electron chi connectivity index (χ1n) is 12.5. The molecule has 0 radical (unpaired) electrons. The SMILES string of the molecule is COCCOc1cc2ncnc(Nc3cc(OC)cc(C4=CC(=O)C=CC4=O)c3Sc3ccccn3)c2cc1OC. The highest BCUT2D eigenvalue weighted by Crippen LogP contribution is 2.44. The number of carbonyl (C=O) groups excluding carboxylic acids is 2. The zero-order valence-corrected chi connectivity index (χ0v) is 23.4. The number of carbonyl (C=O) groups is 2. The monoisotopic (exact) mass is 570 g/mol. The van der Waals surface area contributed by atoms with E-state index in [-0.39, 0.29) is 17.1 Å². The van der Waals surface area contributed by atoms with Gasteiger partial charge in [0.25, 0.3) is 0 Å². The summed E-state index contributed by atoms with van der Waals surface area (Å²) in [4.78, 5) is 39.3. The topological polar surface area (TPSA) is 122 Å². The van der Waals surface area contributed by atoms with Gasteiger partial charge in [0, 0.05) is 46.9 Å². The molecule has 41 heavy (non-hydrogen) atoms. The second kappa shape index (κ2) is 12.6. The van der Waals surface area contributed by atoms with E-state index in [1.807, 2.05) is 18.2 Å². The molecule has 2 aromatic heterocycles. The number of nitrogens with one attached hydrogen (secondary N) is 1. The number of methoxy groups -OCH3 is 3. The Bertz CT molecular complexity index is 1670. The first kappa shape index (κ1) is 27.8. The summed E-state index contributed by atoms with van der Waals surface area (Å²) in [5, 5.41) is 4.77. The van der Waals surface area contributed by atoms with Crippen LogP contribution in [0.3, 0.4) is 0 Å². The maximum Gasteiger partial charge on any atom is 0.186 e. The fourth-order valence-corrected chi connectivity index (χ4v) is 5.12. The minimum absolute atomic E-state index is 0.255. The molecule has 0 bridgehead atoms. The van der Waals surface area contributed by atoms with Crippen LogP contribution in [-0.2, 0) is 14.3 Å². The van der Waals surface area contributed by atoms with Gasteiger partial charge in [0.15, 0.2) is 23.1 Å². The van der Waals surface area contributed by atoms with E-state index in [1.165, 1.54) is 43.4 Å². The highest BCUT2D eigenvalue weighted by Gasteiger charge is 2.23. The number of rotatable bonds is 11. The van der Waals surface area contributed by atoms with Crippen LogP contribution in [0.5, 0.6) is 17.2 Å². The normalized spacial score (nSPS) is 12.8. The molecule has 0 unspecified atom stereocenters. The third-order valence-corrected chi connectivity index (χ3v) is 7.20. The van der Waals surface area contributed by atoms with Gasteiger partial charge in [0.1, 0.15) is 29.5 Å². The van der Waals surface area contributed by atoms with Gasteiger partial charge < -0.3 is 24.3 Å². The van der Waals surface area contributed by atoms with Crippen LogP contribution < -0.4 is 19.5 Å². The molecule has 1 aliphatic carbocycles. The lowest BCUT2D eigenvalue weighted by Crippen LogP contribution is -2.09. The van der Waals surface area contributed by atoms with Crippen molar-refractivity contribution in [3.63, 3.8) is 0 Å². The van der Waals surface area contributed by atoms with E-state index in [4.69, 9.17) is 18.9 Å². The summed E-state index contributed by atoms with van der Waals surface area (Å²) in [5.74, 6) is 1.43. The van der Waals surface area contributed by atoms with Gasteiger partial charge in [-0.3, -0.25) is 9.59 Å². The number of ketones is 2. The zero-order chi connectivity index (χ0) is 28.8. The predicted molar refractivity (Wildman–Crippen MR) is 155 cm³/mol. The van der Waals surface area contributed by atoms with Crippen molar-refractivity contribution in [2.45, 2.75) is 9.92 Å². The summed E-state index contributed by atoms with van der Waals surface area (Å²) < 4.78 is 22.1. The molecule has 4 aromatic rings. The second-order valence-corrected chi connectivity index (χ2v) is 9.72. The van der Waals surface area contributed by atoms with Crippen molar-refractivity contribution in [3.05, 3.63) is 78.8 Å². The molecule has 0 fully saturated rings. The summed E-state index contributed by atoms with van der Waals surface area (Å²) in [7, 11) is 4.69. The molecule has 0 amide bonds. The number of benzene rings is 2. The second-order valence-electron chi connectivity index (χ2n) is 8.69. The molecule has 11 heteroatoms. The Hall–Kier alpha value is -4.74. The lowest BCUT2D eigenvalue weighted by molar-refractivity contribution is -0.113. The Morgan fingerprint density at radius 3 is 2.54 bits per heavy atom. The molecule has 2 aromatic carbocycles. The number of anilines is 2. The summed E-state index contributed by atoms with van der Waals surface area (Å²) in [6.45, 7) is 0.772. The molecule has 2 heterocycles. The number of nitrogens with zero attached hydrogens (tertiary/aromatic N) is 3. The van der Waals surface area contributed by atoms with Crippen molar-refractivity contribution >= 4 is 51.3 Å². The molecule has 1 N–H and O–H groups in total. The molecule has 208 valence electrons. The molecule has 0 saturated carbocycles. The zero-order valence-electron chi connectivity index (χ0n) is 22.5. The Labute approximate surface area is 240 Å². The molecular formula is C30H26N4O6S. The first-order chi connectivity index (χ1) is 20.0. The van der Waals surface area contributed by atoms with Crippen LogP contribution in [0.2, 0.25) is 0 Å². The molecule has 0 spiro atoms. The molecule has 0 atom stereocenters. The first-order valence-corrected chi connectivity index (χ1v) is 13.3. The average Bonchev–Trinajstić information content (AvgIpc) is 2.99. The number of fused-ring (bicyclic) bond motifs is 1. The number of hydrogen-bond donors (Lipinski definition) is 1. The fraction of sp³-hybridized carbons (Fsp3) is 0.167. The van der Waals surface area contributed by atoms with Crippen molar-refractivity contribution in [2.75, 3.05) is 39.9 Å². The molecular weight excluding hydrogens is 544 g/mol. The van der Waals surface area contributed by atoms with E-state index in [0.29, 0.717) is 68.4 Å². The van der Waals surface area contributed by atoms with Crippen LogP contribution in [0.25, 0.3) is 16.5 Å². The standard InChI is InChI=1S/C30H26N4O6S/c1-37-10-11-40-27-16-23-22(15-26(27)39-3)30(33-17-32-23)34-24-14-19(38-2)13-21(20-12-18(35)7-8-25(20)36)29(24)41-28-6-4-5-9-31-28/h4-9,12-17H,10-11H2,1-3H3,(H,32,33,34). The number of hydrogen-bond acceptors (Lipinski definition) is 11. The molecule has 5 rings (SSSR count). The highest BCUT2D eigenvalue weighted by atomic mass is 32.2. The van der Waals surface area contributed by atoms with Gasteiger partial charge in [0.05, 0.1) is 32.0 Å². The molecule has 0 saturated heterocycles. The van der Waals surface area contributed by atoms with Gasteiger partial charge in [-0.1, -0.05) is 17.8 Å². The van der Waals surface area contributed by atoms with Crippen LogP contribution in [0, 0.1) is 0 Å².